The molecule has 0 atom stereocenters. The van der Waals surface area contributed by atoms with Crippen LogP contribution in [0.1, 0.15) is 13.8 Å². The molecule has 1 aliphatic heterocycles. The fraction of sp³-hybridized carbons (Fsp3) is 0.273. The van der Waals surface area contributed by atoms with Crippen LogP contribution in [0.3, 0.4) is 0 Å². The monoisotopic (exact) mass is 195 g/mol. The lowest BCUT2D eigenvalue weighted by Gasteiger charge is -2.27. The second kappa shape index (κ2) is 2.80. The molecule has 0 spiro atoms. The van der Waals surface area contributed by atoms with Gasteiger partial charge in [0.05, 0.1) is 5.54 Å². The van der Waals surface area contributed by atoms with Crippen molar-refractivity contribution in [1.82, 2.24) is 5.32 Å². The van der Waals surface area contributed by atoms with Gasteiger partial charge in [0.15, 0.2) is 5.95 Å². The molecule has 0 fully saturated rings. The Hall–Kier alpha value is -1.38. The Morgan fingerprint density at radius 3 is 2.29 bits per heavy atom. The fourth-order valence-electron chi connectivity index (χ4n) is 1.60. The number of benzene rings is 1. The summed E-state index contributed by atoms with van der Waals surface area (Å²) in [5.41, 5.74) is -0.960. The highest BCUT2D eigenvalue weighted by atomic mass is 19.1. The molecule has 2 rings (SSSR count). The maximum Gasteiger partial charge on any atom is 0.195 e. The molecule has 1 N–H and O–H groups in total. The first-order chi connectivity index (χ1) is 6.52. The van der Waals surface area contributed by atoms with Crippen LogP contribution in [0.4, 0.5) is 8.78 Å². The van der Waals surface area contributed by atoms with Crippen LogP contribution in [-0.2, 0) is 0 Å². The van der Waals surface area contributed by atoms with Gasteiger partial charge < -0.3 is 5.32 Å². The van der Waals surface area contributed by atoms with E-state index in [1.165, 1.54) is 0 Å². The summed E-state index contributed by atoms with van der Waals surface area (Å²) in [4.78, 5) is 0. The Bertz CT molecular complexity index is 488. The van der Waals surface area contributed by atoms with E-state index in [1.807, 2.05) is 0 Å². The minimum Gasteiger partial charge on any atom is -0.350 e. The Labute approximate surface area is 80.8 Å². The van der Waals surface area contributed by atoms with Gasteiger partial charge in [-0.3, -0.25) is 0 Å². The minimum atomic E-state index is -0.960. The molecule has 1 nitrogen and oxygen atoms in total. The number of nitrogens with one attached hydrogen (secondary N) is 1. The van der Waals surface area contributed by atoms with Crippen LogP contribution in [0.2, 0.25) is 0 Å². The summed E-state index contributed by atoms with van der Waals surface area (Å²) < 4.78 is 27.3. The molecule has 0 saturated heterocycles. The lowest BCUT2D eigenvalue weighted by atomic mass is 9.98. The SMILES string of the molecule is CC1(C)NC(F)=c2ccccc2=C1F. The van der Waals surface area contributed by atoms with Crippen LogP contribution in [-0.4, -0.2) is 5.54 Å². The first-order valence-corrected chi connectivity index (χ1v) is 4.46. The zero-order chi connectivity index (χ0) is 10.3. The quantitative estimate of drug-likeness (QED) is 0.613. The molecule has 1 aromatic carbocycles. The summed E-state index contributed by atoms with van der Waals surface area (Å²) in [7, 11) is 0. The van der Waals surface area contributed by atoms with Crippen LogP contribution in [0.25, 0.3) is 11.8 Å². The summed E-state index contributed by atoms with van der Waals surface area (Å²) in [5.74, 6) is -0.790. The van der Waals surface area contributed by atoms with Crippen molar-refractivity contribution in [2.24, 2.45) is 0 Å². The summed E-state index contributed by atoms with van der Waals surface area (Å²) in [5, 5.41) is 3.14. The molecular weight excluding hydrogens is 184 g/mol. The van der Waals surface area contributed by atoms with Crippen LogP contribution in [0, 0.1) is 0 Å². The van der Waals surface area contributed by atoms with E-state index in [0.29, 0.717) is 10.4 Å². The zero-order valence-electron chi connectivity index (χ0n) is 8.07. The van der Waals surface area contributed by atoms with Gasteiger partial charge in [0.2, 0.25) is 0 Å². The topological polar surface area (TPSA) is 12.0 Å². The second-order valence-corrected chi connectivity index (χ2v) is 3.92. The minimum absolute atomic E-state index is 0.296. The molecule has 0 unspecified atom stereocenters. The smallest absolute Gasteiger partial charge is 0.195 e. The van der Waals surface area contributed by atoms with Crippen LogP contribution >= 0.6 is 0 Å². The van der Waals surface area contributed by atoms with E-state index in [4.69, 9.17) is 0 Å². The summed E-state index contributed by atoms with van der Waals surface area (Å²) in [6.07, 6.45) is 0. The van der Waals surface area contributed by atoms with Crippen molar-refractivity contribution in [1.29, 1.82) is 0 Å². The van der Waals surface area contributed by atoms with E-state index >= 15 is 0 Å². The van der Waals surface area contributed by atoms with Gasteiger partial charge in [-0.2, -0.15) is 4.39 Å². The van der Waals surface area contributed by atoms with Gasteiger partial charge >= 0.3 is 0 Å². The number of fused-ring (bicyclic) bond motifs is 1. The average Bonchev–Trinajstić information content (AvgIpc) is 2.14. The number of hydrogen-bond donors (Lipinski definition) is 1. The van der Waals surface area contributed by atoms with Gasteiger partial charge in [0, 0.05) is 10.4 Å². The van der Waals surface area contributed by atoms with Crippen molar-refractivity contribution >= 4 is 11.8 Å². The van der Waals surface area contributed by atoms with Crippen molar-refractivity contribution in [3.63, 3.8) is 0 Å². The molecule has 0 saturated carbocycles. The molecule has 3 heteroatoms. The number of hydrogen-bond acceptors (Lipinski definition) is 1. The highest BCUT2D eigenvalue weighted by Crippen LogP contribution is 2.20. The third-order valence-corrected chi connectivity index (χ3v) is 2.37. The largest absolute Gasteiger partial charge is 0.350 e. The van der Waals surface area contributed by atoms with Crippen LogP contribution in [0.5, 0.6) is 0 Å². The van der Waals surface area contributed by atoms with E-state index in [1.54, 1.807) is 38.1 Å². The zero-order valence-corrected chi connectivity index (χ0v) is 8.07. The van der Waals surface area contributed by atoms with Crippen molar-refractivity contribution in [3.05, 3.63) is 34.7 Å². The maximum absolute atomic E-state index is 13.8. The Morgan fingerprint density at radius 2 is 1.64 bits per heavy atom. The van der Waals surface area contributed by atoms with Crippen molar-refractivity contribution in [2.75, 3.05) is 0 Å². The third-order valence-electron chi connectivity index (χ3n) is 2.37. The van der Waals surface area contributed by atoms with Gasteiger partial charge in [-0.1, -0.05) is 18.2 Å². The fourth-order valence-corrected chi connectivity index (χ4v) is 1.60. The van der Waals surface area contributed by atoms with E-state index < -0.39 is 11.5 Å². The van der Waals surface area contributed by atoms with Crippen molar-refractivity contribution < 1.29 is 8.78 Å². The van der Waals surface area contributed by atoms with Gasteiger partial charge in [0.25, 0.3) is 0 Å². The van der Waals surface area contributed by atoms with Gasteiger partial charge in [-0.15, -0.1) is 0 Å². The van der Waals surface area contributed by atoms with Gasteiger partial charge in [0.1, 0.15) is 5.83 Å². The van der Waals surface area contributed by atoms with Gasteiger partial charge in [-0.05, 0) is 19.9 Å². The van der Waals surface area contributed by atoms with E-state index in [9.17, 15) is 8.78 Å². The predicted octanol–water partition coefficient (Wildman–Crippen LogP) is 1.18. The van der Waals surface area contributed by atoms with E-state index in [0.717, 1.165) is 0 Å². The first-order valence-electron chi connectivity index (χ1n) is 4.46. The third kappa shape index (κ3) is 1.20. The molecule has 1 heterocycles. The molecule has 14 heavy (non-hydrogen) atoms. The lowest BCUT2D eigenvalue weighted by Crippen LogP contribution is -2.49. The summed E-state index contributed by atoms with van der Waals surface area (Å²) in [6.45, 7) is 3.22. The summed E-state index contributed by atoms with van der Waals surface area (Å²) >= 11 is 0. The van der Waals surface area contributed by atoms with E-state index in [-0.39, 0.29) is 5.83 Å². The van der Waals surface area contributed by atoms with Crippen molar-refractivity contribution in [2.45, 2.75) is 19.4 Å². The molecule has 74 valence electrons. The normalized spacial score (nSPS) is 18.9. The molecule has 0 bridgehead atoms. The van der Waals surface area contributed by atoms with Gasteiger partial charge in [-0.25, -0.2) is 4.39 Å². The molecule has 0 amide bonds. The molecule has 0 radical (unpaired) electrons. The standard InChI is InChI=1S/C11H11F2N/c1-11(2)9(12)7-5-3-4-6-8(7)10(13)14-11/h3-6,14H,1-2H3. The summed E-state index contributed by atoms with van der Waals surface area (Å²) in [6, 6.07) is 6.54. The lowest BCUT2D eigenvalue weighted by molar-refractivity contribution is 0.451. The molecule has 0 aromatic heterocycles. The predicted molar refractivity (Wildman–Crippen MR) is 51.9 cm³/mol. The highest BCUT2D eigenvalue weighted by Gasteiger charge is 2.28. The average molecular weight is 195 g/mol. The number of rotatable bonds is 0. The Balaban J connectivity index is 2.92. The number of halogens is 2. The maximum atomic E-state index is 13.8. The molecular formula is C11H11F2N. The molecule has 0 aliphatic carbocycles. The molecule has 1 aliphatic rings. The highest BCUT2D eigenvalue weighted by molar-refractivity contribution is 5.56. The van der Waals surface area contributed by atoms with Crippen LogP contribution in [0.15, 0.2) is 24.3 Å². The second-order valence-electron chi connectivity index (χ2n) is 3.92. The molecule has 1 aromatic rings. The Morgan fingerprint density at radius 1 is 1.07 bits per heavy atom. The first kappa shape index (κ1) is 9.19. The Kier molecular flexibility index (Phi) is 1.84. The van der Waals surface area contributed by atoms with Crippen molar-refractivity contribution in [3.8, 4) is 0 Å². The van der Waals surface area contributed by atoms with Crippen LogP contribution < -0.4 is 15.8 Å². The van der Waals surface area contributed by atoms with E-state index in [2.05, 4.69) is 5.32 Å².